The lowest BCUT2D eigenvalue weighted by atomic mass is 10.1. The van der Waals surface area contributed by atoms with Gasteiger partial charge in [-0.2, -0.15) is 0 Å². The van der Waals surface area contributed by atoms with Crippen molar-refractivity contribution in [2.45, 2.75) is 13.3 Å². The van der Waals surface area contributed by atoms with Crippen LogP contribution in [-0.2, 0) is 11.2 Å². The van der Waals surface area contributed by atoms with Gasteiger partial charge in [0.05, 0.1) is 6.54 Å². The number of nitrogens with zero attached hydrogens (tertiary/aromatic N) is 2. The summed E-state index contributed by atoms with van der Waals surface area (Å²) in [4.78, 5) is 27.6. The van der Waals surface area contributed by atoms with Crippen LogP contribution in [0.2, 0.25) is 5.02 Å². The van der Waals surface area contributed by atoms with Gasteiger partial charge in [-0.15, -0.1) is 0 Å². The number of hydrogen-bond donors (Lipinski definition) is 2. The number of carbonyl (C=O) groups excluding carboxylic acids is 2. The zero-order valence-corrected chi connectivity index (χ0v) is 14.8. The van der Waals surface area contributed by atoms with Crippen molar-refractivity contribution < 1.29 is 9.59 Å². The molecule has 1 aromatic rings. The number of likely N-dealkylation sites (N-methyl/N-ethyl adjacent to an activating group) is 1. The number of amides is 3. The van der Waals surface area contributed by atoms with E-state index in [2.05, 4.69) is 15.5 Å². The maximum Gasteiger partial charge on any atom is 0.317 e. The Morgan fingerprint density at radius 2 is 1.92 bits per heavy atom. The number of benzene rings is 1. The highest BCUT2D eigenvalue weighted by Gasteiger charge is 2.21. The Labute approximate surface area is 148 Å². The number of rotatable bonds is 6. The summed E-state index contributed by atoms with van der Waals surface area (Å²) < 4.78 is 0. The summed E-state index contributed by atoms with van der Waals surface area (Å²) in [6.07, 6.45) is 0.753. The average molecular weight is 353 g/mol. The van der Waals surface area contributed by atoms with Gasteiger partial charge in [-0.25, -0.2) is 4.79 Å². The molecule has 132 valence electrons. The highest BCUT2D eigenvalue weighted by molar-refractivity contribution is 6.30. The van der Waals surface area contributed by atoms with E-state index in [0.717, 1.165) is 25.1 Å². The second-order valence-corrected chi connectivity index (χ2v) is 6.26. The van der Waals surface area contributed by atoms with E-state index in [1.807, 2.05) is 31.2 Å². The summed E-state index contributed by atoms with van der Waals surface area (Å²) >= 11 is 5.95. The third-order valence-electron chi connectivity index (χ3n) is 3.98. The number of nitrogens with one attached hydrogen (secondary N) is 2. The molecule has 2 N–H and O–H groups in total. The van der Waals surface area contributed by atoms with Crippen molar-refractivity contribution in [3.8, 4) is 0 Å². The largest absolute Gasteiger partial charge is 0.355 e. The minimum atomic E-state index is -0.0466. The van der Waals surface area contributed by atoms with Crippen molar-refractivity contribution in [1.29, 1.82) is 0 Å². The molecule has 0 aliphatic carbocycles. The average Bonchev–Trinajstić information content (AvgIpc) is 2.55. The Kier molecular flexibility index (Phi) is 7.34. The van der Waals surface area contributed by atoms with Crippen LogP contribution < -0.4 is 10.6 Å². The van der Waals surface area contributed by atoms with Crippen molar-refractivity contribution in [1.82, 2.24) is 20.4 Å². The van der Waals surface area contributed by atoms with Crippen LogP contribution in [0.5, 0.6) is 0 Å². The van der Waals surface area contributed by atoms with E-state index >= 15 is 0 Å². The number of hydrogen-bond acceptors (Lipinski definition) is 3. The number of urea groups is 1. The second-order valence-electron chi connectivity index (χ2n) is 5.83. The fraction of sp³-hybridized carbons (Fsp3) is 0.529. The highest BCUT2D eigenvalue weighted by Crippen LogP contribution is 2.10. The lowest BCUT2D eigenvalue weighted by Gasteiger charge is -2.34. The lowest BCUT2D eigenvalue weighted by molar-refractivity contribution is -0.122. The van der Waals surface area contributed by atoms with Crippen molar-refractivity contribution in [2.24, 2.45) is 0 Å². The molecule has 1 aliphatic heterocycles. The Hall–Kier alpha value is -1.79. The molecule has 6 nitrogen and oxygen atoms in total. The van der Waals surface area contributed by atoms with Crippen LogP contribution in [0.1, 0.15) is 12.5 Å². The van der Waals surface area contributed by atoms with Gasteiger partial charge in [-0.1, -0.05) is 23.7 Å². The molecule has 24 heavy (non-hydrogen) atoms. The van der Waals surface area contributed by atoms with Gasteiger partial charge in [0, 0.05) is 44.3 Å². The predicted octanol–water partition coefficient (Wildman–Crippen LogP) is 1.35. The van der Waals surface area contributed by atoms with Gasteiger partial charge in [0.25, 0.3) is 0 Å². The molecule has 1 saturated heterocycles. The third kappa shape index (κ3) is 6.02. The molecule has 1 heterocycles. The normalized spacial score (nSPS) is 15.2. The summed E-state index contributed by atoms with van der Waals surface area (Å²) in [5.41, 5.74) is 1.11. The summed E-state index contributed by atoms with van der Waals surface area (Å²) in [6.45, 7) is 6.26. The van der Waals surface area contributed by atoms with Gasteiger partial charge in [0.15, 0.2) is 0 Å². The van der Waals surface area contributed by atoms with E-state index < -0.39 is 0 Å². The predicted molar refractivity (Wildman–Crippen MR) is 95.3 cm³/mol. The molecule has 1 aliphatic rings. The van der Waals surface area contributed by atoms with Crippen LogP contribution in [-0.4, -0.2) is 67.6 Å². The number of carbonyl (C=O) groups is 2. The van der Waals surface area contributed by atoms with Gasteiger partial charge in [-0.05, 0) is 31.0 Å². The molecule has 1 fully saturated rings. The molecular formula is C17H25ClN4O2. The first-order valence-electron chi connectivity index (χ1n) is 8.34. The van der Waals surface area contributed by atoms with Crippen LogP contribution in [0.4, 0.5) is 4.79 Å². The third-order valence-corrected chi connectivity index (χ3v) is 4.21. The maximum absolute atomic E-state index is 12.2. The van der Waals surface area contributed by atoms with Crippen LogP contribution in [0.15, 0.2) is 24.3 Å². The van der Waals surface area contributed by atoms with E-state index in [-0.39, 0.29) is 11.9 Å². The Bertz CT molecular complexity index is 559. The monoisotopic (exact) mass is 352 g/mol. The molecule has 0 radical (unpaired) electrons. The molecule has 7 heteroatoms. The number of piperazine rings is 1. The molecule has 3 amide bonds. The molecule has 0 unspecified atom stereocenters. The Morgan fingerprint density at radius 1 is 1.17 bits per heavy atom. The van der Waals surface area contributed by atoms with Crippen LogP contribution in [0, 0.1) is 0 Å². The Morgan fingerprint density at radius 3 is 2.58 bits per heavy atom. The molecule has 0 saturated carbocycles. The van der Waals surface area contributed by atoms with E-state index in [1.165, 1.54) is 0 Å². The van der Waals surface area contributed by atoms with Crippen molar-refractivity contribution in [2.75, 3.05) is 45.8 Å². The second kappa shape index (κ2) is 9.49. The first-order valence-corrected chi connectivity index (χ1v) is 8.72. The molecule has 0 atom stereocenters. The molecule has 1 aromatic carbocycles. The fourth-order valence-corrected chi connectivity index (χ4v) is 2.90. The molecular weight excluding hydrogens is 328 g/mol. The van der Waals surface area contributed by atoms with Crippen molar-refractivity contribution >= 4 is 23.5 Å². The van der Waals surface area contributed by atoms with E-state index in [9.17, 15) is 9.59 Å². The van der Waals surface area contributed by atoms with Gasteiger partial charge < -0.3 is 15.5 Å². The quantitative estimate of drug-likeness (QED) is 0.812. The lowest BCUT2D eigenvalue weighted by Crippen LogP contribution is -2.53. The van der Waals surface area contributed by atoms with Crippen LogP contribution in [0.3, 0.4) is 0 Å². The zero-order chi connectivity index (χ0) is 17.4. The molecule has 0 aromatic heterocycles. The van der Waals surface area contributed by atoms with Crippen LogP contribution in [0.25, 0.3) is 0 Å². The minimum absolute atomic E-state index is 0.0388. The smallest absolute Gasteiger partial charge is 0.317 e. The standard InChI is InChI=1S/C17H25ClN4O2/c1-2-19-16(23)13-21-8-10-22(11-9-21)17(24)20-7-6-14-4-3-5-15(18)12-14/h3-5,12H,2,6-11,13H2,1H3,(H,19,23)(H,20,24). The van der Waals surface area contributed by atoms with Gasteiger partial charge in [-0.3, -0.25) is 9.69 Å². The molecule has 2 rings (SSSR count). The summed E-state index contributed by atoms with van der Waals surface area (Å²) in [5.74, 6) is 0.0388. The van der Waals surface area contributed by atoms with Gasteiger partial charge in [0.2, 0.25) is 5.91 Å². The van der Waals surface area contributed by atoms with Gasteiger partial charge in [0.1, 0.15) is 0 Å². The fourth-order valence-electron chi connectivity index (χ4n) is 2.68. The zero-order valence-electron chi connectivity index (χ0n) is 14.1. The molecule has 0 bridgehead atoms. The SMILES string of the molecule is CCNC(=O)CN1CCN(C(=O)NCCc2cccc(Cl)c2)CC1. The molecule has 0 spiro atoms. The summed E-state index contributed by atoms with van der Waals surface area (Å²) in [6, 6.07) is 7.61. The minimum Gasteiger partial charge on any atom is -0.355 e. The van der Waals surface area contributed by atoms with E-state index in [1.54, 1.807) is 4.90 Å². The van der Waals surface area contributed by atoms with Gasteiger partial charge >= 0.3 is 6.03 Å². The topological polar surface area (TPSA) is 64.7 Å². The van der Waals surface area contributed by atoms with E-state index in [4.69, 9.17) is 11.6 Å². The first-order chi connectivity index (χ1) is 11.6. The van der Waals surface area contributed by atoms with Crippen molar-refractivity contribution in [3.63, 3.8) is 0 Å². The van der Waals surface area contributed by atoms with E-state index in [0.29, 0.717) is 37.7 Å². The maximum atomic E-state index is 12.2. The summed E-state index contributed by atoms with van der Waals surface area (Å²) in [7, 11) is 0. The number of halogens is 1. The highest BCUT2D eigenvalue weighted by atomic mass is 35.5. The van der Waals surface area contributed by atoms with Crippen molar-refractivity contribution in [3.05, 3.63) is 34.9 Å². The first kappa shape index (κ1) is 18.5. The van der Waals surface area contributed by atoms with Crippen LogP contribution >= 0.6 is 11.6 Å². The Balaban J connectivity index is 1.66. The summed E-state index contributed by atoms with van der Waals surface area (Å²) in [5, 5.41) is 6.44.